The zero-order chi connectivity index (χ0) is 10.1. The number of pyridine rings is 1. The molecule has 0 fully saturated rings. The number of hydrogen-bond donors (Lipinski definition) is 1. The van der Waals surface area contributed by atoms with Crippen LogP contribution >= 0.6 is 15.9 Å². The highest BCUT2D eigenvalue weighted by atomic mass is 79.9. The monoisotopic (exact) mass is 257 g/mol. The summed E-state index contributed by atoms with van der Waals surface area (Å²) in [5.41, 5.74) is 0. The van der Waals surface area contributed by atoms with E-state index >= 15 is 0 Å². The van der Waals surface area contributed by atoms with Gasteiger partial charge in [0.25, 0.3) is 0 Å². The molecule has 0 aliphatic carbocycles. The van der Waals surface area contributed by atoms with Crippen molar-refractivity contribution in [3.8, 4) is 11.6 Å². The lowest BCUT2D eigenvalue weighted by molar-refractivity contribution is -0.276. The Bertz CT molecular complexity index is 315. The molecule has 0 aliphatic rings. The number of aromatic nitrogens is 1. The van der Waals surface area contributed by atoms with E-state index in [1.807, 2.05) is 0 Å². The second-order valence-electron chi connectivity index (χ2n) is 2.02. The molecule has 72 valence electrons. The van der Waals surface area contributed by atoms with E-state index in [1.165, 1.54) is 0 Å². The number of hydrogen-bond acceptors (Lipinski definition) is 3. The molecule has 1 N–H and O–H groups in total. The van der Waals surface area contributed by atoms with Gasteiger partial charge >= 0.3 is 6.36 Å². The summed E-state index contributed by atoms with van der Waals surface area (Å²) in [4.78, 5) is 3.20. The Labute approximate surface area is 79.3 Å². The molecular formula is C6H3BrF3NO2. The van der Waals surface area contributed by atoms with E-state index in [0.717, 1.165) is 12.3 Å². The van der Waals surface area contributed by atoms with Crippen LogP contribution in [0.2, 0.25) is 0 Å². The van der Waals surface area contributed by atoms with E-state index in [-0.39, 0.29) is 10.2 Å². The Morgan fingerprint density at radius 3 is 2.54 bits per heavy atom. The molecule has 0 bridgehead atoms. The maximum atomic E-state index is 11.6. The third-order valence-corrected chi connectivity index (χ3v) is 1.66. The summed E-state index contributed by atoms with van der Waals surface area (Å²) in [6, 6.07) is 0.919. The van der Waals surface area contributed by atoms with Gasteiger partial charge < -0.3 is 9.84 Å². The Balaban J connectivity index is 2.86. The fraction of sp³-hybridized carbons (Fsp3) is 0.167. The number of ether oxygens (including phenoxy) is 1. The van der Waals surface area contributed by atoms with Gasteiger partial charge in [-0.25, -0.2) is 4.98 Å². The highest BCUT2D eigenvalue weighted by Gasteiger charge is 2.31. The number of alkyl halides is 3. The smallest absolute Gasteiger partial charge is 0.505 e. The van der Waals surface area contributed by atoms with Gasteiger partial charge in [0.2, 0.25) is 5.88 Å². The first-order valence-corrected chi connectivity index (χ1v) is 3.78. The average Bonchev–Trinajstić information content (AvgIpc) is 1.94. The molecule has 0 atom stereocenters. The molecule has 0 aromatic carbocycles. The van der Waals surface area contributed by atoms with Gasteiger partial charge in [-0.1, -0.05) is 0 Å². The van der Waals surface area contributed by atoms with Crippen molar-refractivity contribution >= 4 is 15.9 Å². The quantitative estimate of drug-likeness (QED) is 0.841. The molecule has 1 heterocycles. The third-order valence-electron chi connectivity index (χ3n) is 1.03. The van der Waals surface area contributed by atoms with Crippen LogP contribution in [0.5, 0.6) is 11.6 Å². The molecule has 13 heavy (non-hydrogen) atoms. The van der Waals surface area contributed by atoms with Crippen molar-refractivity contribution < 1.29 is 23.0 Å². The SMILES string of the molecule is Oc1cnc(OC(F)(F)F)cc1Br. The molecule has 0 aliphatic heterocycles. The van der Waals surface area contributed by atoms with Crippen LogP contribution in [0.1, 0.15) is 0 Å². The van der Waals surface area contributed by atoms with Gasteiger partial charge in [0.15, 0.2) is 0 Å². The molecule has 1 aromatic heterocycles. The average molecular weight is 258 g/mol. The first-order chi connectivity index (χ1) is 5.88. The Morgan fingerprint density at radius 2 is 2.08 bits per heavy atom. The Hall–Kier alpha value is -0.980. The maximum absolute atomic E-state index is 11.6. The maximum Gasteiger partial charge on any atom is 0.574 e. The van der Waals surface area contributed by atoms with Gasteiger partial charge in [0, 0.05) is 6.07 Å². The molecule has 0 spiro atoms. The second kappa shape index (κ2) is 3.41. The Morgan fingerprint density at radius 1 is 1.46 bits per heavy atom. The summed E-state index contributed by atoms with van der Waals surface area (Å²) >= 11 is 2.82. The number of rotatable bonds is 1. The number of aromatic hydroxyl groups is 1. The van der Waals surface area contributed by atoms with E-state index in [2.05, 4.69) is 25.7 Å². The number of nitrogens with zero attached hydrogens (tertiary/aromatic N) is 1. The minimum atomic E-state index is -4.77. The van der Waals surface area contributed by atoms with E-state index in [9.17, 15) is 13.2 Å². The highest BCUT2D eigenvalue weighted by Crippen LogP contribution is 2.28. The second-order valence-corrected chi connectivity index (χ2v) is 2.88. The highest BCUT2D eigenvalue weighted by molar-refractivity contribution is 9.10. The summed E-state index contributed by atoms with van der Waals surface area (Å²) < 4.78 is 38.5. The minimum Gasteiger partial charge on any atom is -0.505 e. The first kappa shape index (κ1) is 10.1. The molecular weight excluding hydrogens is 255 g/mol. The topological polar surface area (TPSA) is 42.4 Å². The summed E-state index contributed by atoms with van der Waals surface area (Å²) in [5.74, 6) is -0.883. The van der Waals surface area contributed by atoms with Crippen molar-refractivity contribution in [1.82, 2.24) is 4.98 Å². The van der Waals surface area contributed by atoms with Crippen LogP contribution in [0.25, 0.3) is 0 Å². The fourth-order valence-corrected chi connectivity index (χ4v) is 0.879. The van der Waals surface area contributed by atoms with Crippen molar-refractivity contribution in [2.24, 2.45) is 0 Å². The van der Waals surface area contributed by atoms with Crippen molar-refractivity contribution in [3.05, 3.63) is 16.7 Å². The molecule has 0 unspecified atom stereocenters. The minimum absolute atomic E-state index is 0.0850. The van der Waals surface area contributed by atoms with E-state index in [1.54, 1.807) is 0 Å². The lowest BCUT2D eigenvalue weighted by atomic mass is 10.4. The third kappa shape index (κ3) is 3.10. The van der Waals surface area contributed by atoms with Crippen molar-refractivity contribution in [3.63, 3.8) is 0 Å². The lowest BCUT2D eigenvalue weighted by Gasteiger charge is -2.07. The van der Waals surface area contributed by atoms with Gasteiger partial charge in [0.1, 0.15) is 5.75 Å². The van der Waals surface area contributed by atoms with Crippen molar-refractivity contribution in [2.75, 3.05) is 0 Å². The van der Waals surface area contributed by atoms with Gasteiger partial charge in [-0.15, -0.1) is 13.2 Å². The first-order valence-electron chi connectivity index (χ1n) is 2.99. The van der Waals surface area contributed by atoms with Crippen LogP contribution in [0.15, 0.2) is 16.7 Å². The molecule has 1 rings (SSSR count). The van der Waals surface area contributed by atoms with Crippen molar-refractivity contribution in [1.29, 1.82) is 0 Å². The number of halogens is 4. The summed E-state index contributed by atoms with van der Waals surface area (Å²) in [6.45, 7) is 0. The standard InChI is InChI=1S/C6H3BrF3NO2/c7-3-1-5(11-2-4(3)12)13-6(8,9)10/h1-2,12H. The van der Waals surface area contributed by atoms with Gasteiger partial charge in [-0.05, 0) is 15.9 Å². The van der Waals surface area contributed by atoms with Crippen LogP contribution in [-0.4, -0.2) is 16.5 Å². The largest absolute Gasteiger partial charge is 0.574 e. The van der Waals surface area contributed by atoms with Crippen LogP contribution in [0, 0.1) is 0 Å². The normalized spacial score (nSPS) is 11.4. The van der Waals surface area contributed by atoms with Crippen LogP contribution in [0.4, 0.5) is 13.2 Å². The van der Waals surface area contributed by atoms with Crippen LogP contribution in [0.3, 0.4) is 0 Å². The van der Waals surface area contributed by atoms with Crippen LogP contribution < -0.4 is 4.74 Å². The summed E-state index contributed by atoms with van der Waals surface area (Å²) in [6.07, 6.45) is -3.92. The summed E-state index contributed by atoms with van der Waals surface area (Å²) in [5, 5.41) is 8.90. The molecule has 3 nitrogen and oxygen atoms in total. The van der Waals surface area contributed by atoms with Crippen molar-refractivity contribution in [2.45, 2.75) is 6.36 Å². The van der Waals surface area contributed by atoms with Gasteiger partial charge in [0.05, 0.1) is 10.7 Å². The van der Waals surface area contributed by atoms with E-state index in [4.69, 9.17) is 5.11 Å². The fourth-order valence-electron chi connectivity index (χ4n) is 0.580. The molecule has 0 amide bonds. The van der Waals surface area contributed by atoms with E-state index < -0.39 is 12.2 Å². The van der Waals surface area contributed by atoms with Gasteiger partial charge in [-0.3, -0.25) is 0 Å². The molecule has 0 radical (unpaired) electrons. The summed E-state index contributed by atoms with van der Waals surface area (Å²) in [7, 11) is 0. The predicted molar refractivity (Wildman–Crippen MR) is 40.3 cm³/mol. The predicted octanol–water partition coefficient (Wildman–Crippen LogP) is 2.45. The van der Waals surface area contributed by atoms with Crippen LogP contribution in [-0.2, 0) is 0 Å². The Kier molecular flexibility index (Phi) is 2.65. The molecule has 7 heteroatoms. The molecule has 0 saturated heterocycles. The lowest BCUT2D eigenvalue weighted by Crippen LogP contribution is -2.17. The zero-order valence-electron chi connectivity index (χ0n) is 5.97. The zero-order valence-corrected chi connectivity index (χ0v) is 7.56. The molecule has 0 saturated carbocycles. The molecule has 1 aromatic rings. The van der Waals surface area contributed by atoms with Gasteiger partial charge in [-0.2, -0.15) is 0 Å². The van der Waals surface area contributed by atoms with E-state index in [0.29, 0.717) is 0 Å².